The Morgan fingerprint density at radius 2 is 1.48 bits per heavy atom. The number of rotatable bonds is 8. The maximum atomic E-state index is 11.9. The summed E-state index contributed by atoms with van der Waals surface area (Å²) in [6.45, 7) is 0. The van der Waals surface area contributed by atoms with Crippen LogP contribution in [0.25, 0.3) is 0 Å². The molecule has 0 saturated heterocycles. The largest absolute Gasteiger partial charge is 0.481 e. The van der Waals surface area contributed by atoms with E-state index in [0.29, 0.717) is 17.1 Å². The lowest BCUT2D eigenvalue weighted by Crippen LogP contribution is -2.43. The summed E-state index contributed by atoms with van der Waals surface area (Å²) in [5.41, 5.74) is 1.71. The number of benzene rings is 2. The highest BCUT2D eigenvalue weighted by molar-refractivity contribution is 5.92. The summed E-state index contributed by atoms with van der Waals surface area (Å²) in [6.07, 6.45) is -0.574. The quantitative estimate of drug-likeness (QED) is 0.526. The summed E-state index contributed by atoms with van der Waals surface area (Å²) in [6, 6.07) is 13.6. The minimum absolute atomic E-state index is 0.211. The first-order chi connectivity index (χ1) is 12.9. The molecule has 0 unspecified atom stereocenters. The van der Waals surface area contributed by atoms with Gasteiger partial charge in [-0.25, -0.2) is 9.59 Å². The van der Waals surface area contributed by atoms with E-state index in [9.17, 15) is 14.4 Å². The van der Waals surface area contributed by atoms with Crippen LogP contribution in [0.3, 0.4) is 0 Å². The molecule has 0 aliphatic rings. The van der Waals surface area contributed by atoms with E-state index in [1.807, 2.05) is 30.3 Å². The first kappa shape index (κ1) is 19.6. The van der Waals surface area contributed by atoms with E-state index in [1.54, 1.807) is 24.3 Å². The van der Waals surface area contributed by atoms with E-state index in [0.717, 1.165) is 0 Å². The fraction of sp³-hybridized carbons (Fsp3) is 0.167. The second-order valence-electron chi connectivity index (χ2n) is 5.50. The topological polar surface area (TPSA) is 140 Å². The third-order valence-electron chi connectivity index (χ3n) is 3.41. The summed E-state index contributed by atoms with van der Waals surface area (Å²) < 4.78 is 0. The Morgan fingerprint density at radius 3 is 2.04 bits per heavy atom. The van der Waals surface area contributed by atoms with Crippen molar-refractivity contribution in [1.29, 1.82) is 0 Å². The Labute approximate surface area is 154 Å². The molecule has 0 radical (unpaired) electrons. The van der Waals surface area contributed by atoms with Gasteiger partial charge in [-0.15, -0.1) is 0 Å². The number of urea groups is 1. The van der Waals surface area contributed by atoms with Crippen molar-refractivity contribution in [2.24, 2.45) is 10.2 Å². The second-order valence-corrected chi connectivity index (χ2v) is 5.50. The molecule has 2 aromatic carbocycles. The first-order valence-electron chi connectivity index (χ1n) is 8.03. The van der Waals surface area contributed by atoms with Gasteiger partial charge in [-0.2, -0.15) is 10.2 Å². The zero-order chi connectivity index (χ0) is 19.6. The average Bonchev–Trinajstić information content (AvgIpc) is 2.65. The predicted molar refractivity (Wildman–Crippen MR) is 97.5 cm³/mol. The maximum absolute atomic E-state index is 11.9. The lowest BCUT2D eigenvalue weighted by molar-refractivity contribution is -0.140. The molecule has 0 aliphatic carbocycles. The number of carbonyl (C=O) groups excluding carboxylic acids is 1. The molecule has 0 heterocycles. The zero-order valence-corrected chi connectivity index (χ0v) is 14.2. The van der Waals surface area contributed by atoms with Crippen molar-refractivity contribution >= 4 is 35.0 Å². The molecule has 9 heteroatoms. The van der Waals surface area contributed by atoms with Crippen LogP contribution >= 0.6 is 0 Å². The van der Waals surface area contributed by atoms with E-state index >= 15 is 0 Å². The van der Waals surface area contributed by atoms with Gasteiger partial charge in [0, 0.05) is 12.1 Å². The van der Waals surface area contributed by atoms with E-state index in [1.165, 1.54) is 0 Å². The van der Waals surface area contributed by atoms with Crippen LogP contribution in [0.1, 0.15) is 12.8 Å². The second kappa shape index (κ2) is 9.66. The van der Waals surface area contributed by atoms with Crippen LogP contribution in [0.15, 0.2) is 64.8 Å². The SMILES string of the molecule is O=C(O)CC[C@H](NC(=O)Nc1ccc(N=Nc2ccccc2)cc1)C(=O)O. The summed E-state index contributed by atoms with van der Waals surface area (Å²) in [4.78, 5) is 33.5. The fourth-order valence-corrected chi connectivity index (χ4v) is 2.07. The van der Waals surface area contributed by atoms with Crippen LogP contribution in [-0.2, 0) is 9.59 Å². The molecule has 0 bridgehead atoms. The van der Waals surface area contributed by atoms with Crippen LogP contribution in [0, 0.1) is 0 Å². The molecule has 9 nitrogen and oxygen atoms in total. The molecule has 0 fully saturated rings. The molecule has 4 N–H and O–H groups in total. The van der Waals surface area contributed by atoms with Gasteiger partial charge in [-0.1, -0.05) is 18.2 Å². The fourth-order valence-electron chi connectivity index (χ4n) is 2.07. The van der Waals surface area contributed by atoms with Crippen molar-refractivity contribution in [2.45, 2.75) is 18.9 Å². The van der Waals surface area contributed by atoms with Crippen molar-refractivity contribution in [1.82, 2.24) is 5.32 Å². The molecule has 2 rings (SSSR count). The highest BCUT2D eigenvalue weighted by Gasteiger charge is 2.20. The highest BCUT2D eigenvalue weighted by atomic mass is 16.4. The molecule has 0 aliphatic heterocycles. The molecule has 0 saturated carbocycles. The number of azo groups is 1. The molecule has 2 aromatic rings. The van der Waals surface area contributed by atoms with Gasteiger partial charge in [-0.05, 0) is 42.8 Å². The lowest BCUT2D eigenvalue weighted by Gasteiger charge is -2.14. The van der Waals surface area contributed by atoms with E-state index < -0.39 is 24.0 Å². The number of carbonyl (C=O) groups is 3. The number of anilines is 1. The Morgan fingerprint density at radius 1 is 0.889 bits per heavy atom. The number of amides is 2. The van der Waals surface area contributed by atoms with Gasteiger partial charge in [0.2, 0.25) is 0 Å². The van der Waals surface area contributed by atoms with Crippen molar-refractivity contribution < 1.29 is 24.6 Å². The third-order valence-corrected chi connectivity index (χ3v) is 3.41. The van der Waals surface area contributed by atoms with Gasteiger partial charge in [0.05, 0.1) is 11.4 Å². The number of aliphatic carboxylic acids is 2. The Kier molecular flexibility index (Phi) is 7.00. The predicted octanol–water partition coefficient (Wildman–Crippen LogP) is 3.54. The molecule has 0 aromatic heterocycles. The molecule has 27 heavy (non-hydrogen) atoms. The van der Waals surface area contributed by atoms with Crippen molar-refractivity contribution in [3.05, 3.63) is 54.6 Å². The van der Waals surface area contributed by atoms with E-state index in [2.05, 4.69) is 20.9 Å². The van der Waals surface area contributed by atoms with Crippen LogP contribution in [-0.4, -0.2) is 34.2 Å². The van der Waals surface area contributed by atoms with Crippen molar-refractivity contribution in [3.8, 4) is 0 Å². The number of nitrogens with one attached hydrogen (secondary N) is 2. The van der Waals surface area contributed by atoms with Gasteiger partial charge in [0.1, 0.15) is 6.04 Å². The van der Waals surface area contributed by atoms with E-state index in [4.69, 9.17) is 10.2 Å². The minimum atomic E-state index is -1.30. The van der Waals surface area contributed by atoms with Crippen LogP contribution in [0.2, 0.25) is 0 Å². The van der Waals surface area contributed by atoms with Gasteiger partial charge in [0.15, 0.2) is 0 Å². The number of carboxylic acid groups (broad SMARTS) is 2. The smallest absolute Gasteiger partial charge is 0.326 e. The normalized spacial score (nSPS) is 11.7. The summed E-state index contributed by atoms with van der Waals surface area (Å²) in [7, 11) is 0. The Bertz CT molecular complexity index is 821. The average molecular weight is 370 g/mol. The molecular formula is C18H18N4O5. The van der Waals surface area contributed by atoms with Crippen molar-refractivity contribution in [2.75, 3.05) is 5.32 Å². The summed E-state index contributed by atoms with van der Waals surface area (Å²) >= 11 is 0. The molecular weight excluding hydrogens is 352 g/mol. The standard InChI is InChI=1S/C18H18N4O5/c23-16(24)11-10-15(17(25)26)20-18(27)19-12-6-8-14(9-7-12)22-21-13-4-2-1-3-5-13/h1-9,15H,10-11H2,(H,23,24)(H,25,26)(H2,19,20,27)/t15-/m0/s1. The Balaban J connectivity index is 1.91. The van der Waals surface area contributed by atoms with Crippen LogP contribution in [0.5, 0.6) is 0 Å². The molecule has 2 amide bonds. The maximum Gasteiger partial charge on any atom is 0.326 e. The summed E-state index contributed by atoms with van der Waals surface area (Å²) in [5.74, 6) is -2.44. The Hall–Kier alpha value is -3.75. The van der Waals surface area contributed by atoms with Gasteiger partial charge in [-0.3, -0.25) is 4.79 Å². The van der Waals surface area contributed by atoms with Crippen molar-refractivity contribution in [3.63, 3.8) is 0 Å². The molecule has 1 atom stereocenters. The van der Waals surface area contributed by atoms with Gasteiger partial charge in [0.25, 0.3) is 0 Å². The number of hydrogen-bond donors (Lipinski definition) is 4. The van der Waals surface area contributed by atoms with Crippen LogP contribution in [0.4, 0.5) is 21.9 Å². The lowest BCUT2D eigenvalue weighted by atomic mass is 10.1. The van der Waals surface area contributed by atoms with E-state index in [-0.39, 0.29) is 12.8 Å². The van der Waals surface area contributed by atoms with Gasteiger partial charge < -0.3 is 20.8 Å². The molecule has 140 valence electrons. The third kappa shape index (κ3) is 6.94. The first-order valence-corrected chi connectivity index (χ1v) is 8.03. The van der Waals surface area contributed by atoms with Crippen LogP contribution < -0.4 is 10.6 Å². The zero-order valence-electron chi connectivity index (χ0n) is 14.2. The number of hydrogen-bond acceptors (Lipinski definition) is 5. The number of carboxylic acids is 2. The van der Waals surface area contributed by atoms with Gasteiger partial charge >= 0.3 is 18.0 Å². The molecule has 0 spiro atoms. The number of nitrogens with zero attached hydrogens (tertiary/aromatic N) is 2. The monoisotopic (exact) mass is 370 g/mol. The highest BCUT2D eigenvalue weighted by Crippen LogP contribution is 2.20. The minimum Gasteiger partial charge on any atom is -0.481 e. The summed E-state index contributed by atoms with van der Waals surface area (Å²) in [5, 5.41) is 30.5.